The first-order valence-corrected chi connectivity index (χ1v) is 5.60. The molecule has 2 aromatic carbocycles. The van der Waals surface area contributed by atoms with Crippen LogP contribution in [-0.2, 0) is 6.42 Å². The predicted molar refractivity (Wildman–Crippen MR) is 67.6 cm³/mol. The molecule has 2 nitrogen and oxygen atoms in total. The monoisotopic (exact) mass is 246 g/mol. The molecule has 2 rings (SSSR count). The van der Waals surface area contributed by atoms with Crippen LogP contribution in [0.5, 0.6) is 5.75 Å². The molecule has 3 heteroatoms. The smallest absolute Gasteiger partial charge is 0.170 e. The fraction of sp³-hybridized carbons (Fsp3) is 0.0714. The number of aromatic hydroxyl groups is 1. The summed E-state index contributed by atoms with van der Waals surface area (Å²) < 4.78 is 0. The molecular formula is C14H11ClO2. The van der Waals surface area contributed by atoms with E-state index in [1.54, 1.807) is 12.1 Å². The highest BCUT2D eigenvalue weighted by Crippen LogP contribution is 2.23. The number of ketones is 1. The summed E-state index contributed by atoms with van der Waals surface area (Å²) in [5.41, 5.74) is 1.23. The van der Waals surface area contributed by atoms with Gasteiger partial charge in [0, 0.05) is 11.4 Å². The van der Waals surface area contributed by atoms with Gasteiger partial charge < -0.3 is 5.11 Å². The van der Waals surface area contributed by atoms with Crippen LogP contribution in [0.15, 0.2) is 48.5 Å². The number of rotatable bonds is 3. The van der Waals surface area contributed by atoms with Crippen molar-refractivity contribution in [2.24, 2.45) is 0 Å². The summed E-state index contributed by atoms with van der Waals surface area (Å²) in [6.45, 7) is 0. The number of halogens is 1. The van der Waals surface area contributed by atoms with Crippen LogP contribution in [0.2, 0.25) is 5.02 Å². The Morgan fingerprint density at radius 1 is 1.12 bits per heavy atom. The van der Waals surface area contributed by atoms with Crippen molar-refractivity contribution in [2.75, 3.05) is 0 Å². The standard InChI is InChI=1S/C14H11ClO2/c15-11-6-7-12(14(17)9-11)13(16)8-10-4-2-1-3-5-10/h1-7,9,17H,8H2. The van der Waals surface area contributed by atoms with Gasteiger partial charge in [-0.05, 0) is 23.8 Å². The van der Waals surface area contributed by atoms with Gasteiger partial charge >= 0.3 is 0 Å². The van der Waals surface area contributed by atoms with E-state index in [0.29, 0.717) is 10.6 Å². The van der Waals surface area contributed by atoms with Gasteiger partial charge in [0.2, 0.25) is 0 Å². The molecule has 1 N–H and O–H groups in total. The number of hydrogen-bond donors (Lipinski definition) is 1. The number of phenols is 1. The van der Waals surface area contributed by atoms with Gasteiger partial charge in [0.25, 0.3) is 0 Å². The predicted octanol–water partition coefficient (Wildman–Crippen LogP) is 3.47. The number of phenolic OH excluding ortho intramolecular Hbond substituents is 1. The third kappa shape index (κ3) is 2.86. The van der Waals surface area contributed by atoms with E-state index >= 15 is 0 Å². The SMILES string of the molecule is O=C(Cc1ccccc1)c1ccc(Cl)cc1O. The molecule has 0 spiro atoms. The Labute approximate surface area is 104 Å². The lowest BCUT2D eigenvalue weighted by molar-refractivity contribution is 0.0990. The maximum atomic E-state index is 11.9. The highest BCUT2D eigenvalue weighted by Gasteiger charge is 2.11. The maximum Gasteiger partial charge on any atom is 0.170 e. The van der Waals surface area contributed by atoms with Crippen LogP contribution in [-0.4, -0.2) is 10.9 Å². The molecule has 0 aliphatic heterocycles. The average Bonchev–Trinajstić information content (AvgIpc) is 2.30. The quantitative estimate of drug-likeness (QED) is 0.842. The van der Waals surface area contributed by atoms with Gasteiger partial charge in [0.05, 0.1) is 5.56 Å². The lowest BCUT2D eigenvalue weighted by Crippen LogP contribution is -2.03. The third-order valence-electron chi connectivity index (χ3n) is 2.47. The summed E-state index contributed by atoms with van der Waals surface area (Å²) in [4.78, 5) is 11.9. The third-order valence-corrected chi connectivity index (χ3v) is 2.70. The largest absolute Gasteiger partial charge is 0.507 e. The topological polar surface area (TPSA) is 37.3 Å². The van der Waals surface area contributed by atoms with Gasteiger partial charge in [-0.2, -0.15) is 0 Å². The first kappa shape index (κ1) is 11.7. The molecule has 2 aromatic rings. The minimum atomic E-state index is -0.120. The van der Waals surface area contributed by atoms with Gasteiger partial charge in [-0.3, -0.25) is 4.79 Å². The van der Waals surface area contributed by atoms with Gasteiger partial charge in [-0.25, -0.2) is 0 Å². The molecule has 0 bridgehead atoms. The number of Topliss-reactive ketones (excluding diaryl/α,β-unsaturated/α-hetero) is 1. The molecule has 0 saturated heterocycles. The molecule has 0 fully saturated rings. The zero-order chi connectivity index (χ0) is 12.3. The maximum absolute atomic E-state index is 11.9. The Kier molecular flexibility index (Phi) is 3.45. The number of hydrogen-bond acceptors (Lipinski definition) is 2. The van der Waals surface area contributed by atoms with Crippen molar-refractivity contribution in [3.8, 4) is 5.75 Å². The Balaban J connectivity index is 2.21. The molecule has 0 radical (unpaired) electrons. The fourth-order valence-electron chi connectivity index (χ4n) is 1.62. The van der Waals surface area contributed by atoms with Crippen molar-refractivity contribution in [3.63, 3.8) is 0 Å². The van der Waals surface area contributed by atoms with Crippen LogP contribution >= 0.6 is 11.6 Å². The lowest BCUT2D eigenvalue weighted by Gasteiger charge is -2.04. The molecule has 0 saturated carbocycles. The summed E-state index contributed by atoms with van der Waals surface area (Å²) in [5, 5.41) is 10.1. The van der Waals surface area contributed by atoms with Gasteiger partial charge in [-0.1, -0.05) is 41.9 Å². The highest BCUT2D eigenvalue weighted by molar-refractivity contribution is 6.30. The summed E-state index contributed by atoms with van der Waals surface area (Å²) in [6.07, 6.45) is 0.274. The van der Waals surface area contributed by atoms with E-state index in [1.807, 2.05) is 30.3 Å². The molecule has 0 amide bonds. The molecule has 0 heterocycles. The molecule has 0 aliphatic rings. The molecule has 17 heavy (non-hydrogen) atoms. The minimum absolute atomic E-state index is 0.0709. The van der Waals surface area contributed by atoms with Gasteiger partial charge in [-0.15, -0.1) is 0 Å². The zero-order valence-electron chi connectivity index (χ0n) is 9.06. The fourth-order valence-corrected chi connectivity index (χ4v) is 1.78. The Morgan fingerprint density at radius 3 is 2.47 bits per heavy atom. The van der Waals surface area contributed by atoms with Crippen LogP contribution in [0, 0.1) is 0 Å². The molecule has 0 atom stereocenters. The Bertz CT molecular complexity index is 535. The summed E-state index contributed by atoms with van der Waals surface area (Å²) in [5.74, 6) is -0.191. The van der Waals surface area contributed by atoms with E-state index in [9.17, 15) is 9.90 Å². The normalized spacial score (nSPS) is 10.2. The number of benzene rings is 2. The number of carbonyl (C=O) groups is 1. The average molecular weight is 247 g/mol. The lowest BCUT2D eigenvalue weighted by atomic mass is 10.0. The van der Waals surface area contributed by atoms with E-state index in [-0.39, 0.29) is 18.0 Å². The van der Waals surface area contributed by atoms with Gasteiger partial charge in [0.15, 0.2) is 5.78 Å². The highest BCUT2D eigenvalue weighted by atomic mass is 35.5. The second kappa shape index (κ2) is 5.02. The zero-order valence-corrected chi connectivity index (χ0v) is 9.82. The van der Waals surface area contributed by atoms with Crippen LogP contribution in [0.25, 0.3) is 0 Å². The van der Waals surface area contributed by atoms with E-state index in [4.69, 9.17) is 11.6 Å². The van der Waals surface area contributed by atoms with Crippen molar-refractivity contribution >= 4 is 17.4 Å². The first-order valence-electron chi connectivity index (χ1n) is 5.22. The molecule has 0 unspecified atom stereocenters. The van der Waals surface area contributed by atoms with Crippen molar-refractivity contribution in [2.45, 2.75) is 6.42 Å². The summed E-state index contributed by atoms with van der Waals surface area (Å²) in [7, 11) is 0. The van der Waals surface area contributed by atoms with Crippen molar-refractivity contribution in [3.05, 3.63) is 64.7 Å². The van der Waals surface area contributed by atoms with Crippen LogP contribution in [0.4, 0.5) is 0 Å². The second-order valence-corrected chi connectivity index (χ2v) is 4.18. The minimum Gasteiger partial charge on any atom is -0.507 e. The van der Waals surface area contributed by atoms with Crippen LogP contribution in [0.1, 0.15) is 15.9 Å². The molecule has 86 valence electrons. The van der Waals surface area contributed by atoms with Crippen molar-refractivity contribution in [1.82, 2.24) is 0 Å². The molecule has 0 aliphatic carbocycles. The van der Waals surface area contributed by atoms with Crippen molar-refractivity contribution in [1.29, 1.82) is 0 Å². The van der Waals surface area contributed by atoms with E-state index in [2.05, 4.69) is 0 Å². The Morgan fingerprint density at radius 2 is 1.82 bits per heavy atom. The van der Waals surface area contributed by atoms with Crippen LogP contribution in [0.3, 0.4) is 0 Å². The van der Waals surface area contributed by atoms with Gasteiger partial charge in [0.1, 0.15) is 5.75 Å². The summed E-state index contributed by atoms with van der Waals surface area (Å²) >= 11 is 5.71. The van der Waals surface area contributed by atoms with Crippen LogP contribution < -0.4 is 0 Å². The van der Waals surface area contributed by atoms with E-state index < -0.39 is 0 Å². The van der Waals surface area contributed by atoms with E-state index in [1.165, 1.54) is 6.07 Å². The number of carbonyl (C=O) groups excluding carboxylic acids is 1. The Hall–Kier alpha value is -1.80. The second-order valence-electron chi connectivity index (χ2n) is 3.75. The van der Waals surface area contributed by atoms with E-state index in [0.717, 1.165) is 5.56 Å². The molecular weight excluding hydrogens is 236 g/mol. The van der Waals surface area contributed by atoms with Crippen molar-refractivity contribution < 1.29 is 9.90 Å². The first-order chi connectivity index (χ1) is 8.16. The molecule has 0 aromatic heterocycles. The summed E-state index contributed by atoms with van der Waals surface area (Å²) in [6, 6.07) is 13.9.